The largest absolute Gasteiger partial charge is 0.480 e. The molecule has 0 aromatic heterocycles. The summed E-state index contributed by atoms with van der Waals surface area (Å²) in [6.07, 6.45) is 1.29. The fourth-order valence-electron chi connectivity index (χ4n) is 3.26. The van der Waals surface area contributed by atoms with Gasteiger partial charge in [-0.05, 0) is 32.1 Å². The first kappa shape index (κ1) is 35.6. The van der Waals surface area contributed by atoms with E-state index in [2.05, 4.69) is 31.6 Å². The predicted octanol–water partition coefficient (Wildman–Crippen LogP) is -3.71. The molecule has 2 unspecified atom stereocenters. The van der Waals surface area contributed by atoms with E-state index in [-0.39, 0.29) is 57.1 Å². The molecule has 12 N–H and O–H groups in total. The molecule has 17 heteroatoms. The van der Waals surface area contributed by atoms with Gasteiger partial charge in [0, 0.05) is 45.8 Å². The van der Waals surface area contributed by atoms with Gasteiger partial charge >= 0.3 is 5.97 Å². The first-order valence-corrected chi connectivity index (χ1v) is 12.8. The number of hydrogen-bond donors (Lipinski definition) is 9. The SMILES string of the molecule is CC(=O)NC(CCC(=O)NCC(=O)O)C(=O)NCCCC(=O)NCCCC(=O)NC(CCCN=C(N)N)C(N)=O. The number of carboxylic acid groups (broad SMARTS) is 1. The number of nitrogens with zero attached hydrogens (tertiary/aromatic N) is 1. The van der Waals surface area contributed by atoms with Crippen molar-refractivity contribution in [2.45, 2.75) is 70.4 Å². The van der Waals surface area contributed by atoms with Gasteiger partial charge in [-0.15, -0.1) is 0 Å². The topological polar surface area (TPSA) is 290 Å². The lowest BCUT2D eigenvalue weighted by Crippen LogP contribution is -2.47. The van der Waals surface area contributed by atoms with E-state index in [1.807, 2.05) is 0 Å². The smallest absolute Gasteiger partial charge is 0.322 e. The monoisotopic (exact) mass is 571 g/mol. The average Bonchev–Trinajstić information content (AvgIpc) is 2.86. The Balaban J connectivity index is 4.23. The molecule has 0 radical (unpaired) electrons. The van der Waals surface area contributed by atoms with Crippen molar-refractivity contribution >= 4 is 47.4 Å². The Hall–Kier alpha value is -4.44. The van der Waals surface area contributed by atoms with E-state index in [1.54, 1.807) is 0 Å². The molecule has 0 spiro atoms. The number of carboxylic acids is 1. The van der Waals surface area contributed by atoms with Crippen LogP contribution in [0.15, 0.2) is 4.99 Å². The summed E-state index contributed by atoms with van der Waals surface area (Å²) in [6, 6.07) is -1.86. The number of nitrogens with two attached hydrogens (primary N) is 3. The van der Waals surface area contributed by atoms with Crippen LogP contribution in [0.25, 0.3) is 0 Å². The van der Waals surface area contributed by atoms with E-state index in [9.17, 15) is 33.6 Å². The minimum atomic E-state index is -1.21. The van der Waals surface area contributed by atoms with Crippen molar-refractivity contribution < 1.29 is 38.7 Å². The lowest BCUT2D eigenvalue weighted by atomic mass is 10.1. The molecule has 0 rings (SSSR count). The maximum absolute atomic E-state index is 12.4. The van der Waals surface area contributed by atoms with Gasteiger partial charge < -0.3 is 48.9 Å². The molecule has 40 heavy (non-hydrogen) atoms. The Bertz CT molecular complexity index is 922. The molecule has 2 atom stereocenters. The Morgan fingerprint density at radius 2 is 1.32 bits per heavy atom. The quantitative estimate of drug-likeness (QED) is 0.0369. The highest BCUT2D eigenvalue weighted by Gasteiger charge is 2.21. The van der Waals surface area contributed by atoms with Crippen LogP contribution in [0.3, 0.4) is 0 Å². The van der Waals surface area contributed by atoms with E-state index in [1.165, 1.54) is 6.92 Å². The number of rotatable bonds is 21. The molecule has 0 aromatic rings. The van der Waals surface area contributed by atoms with Crippen LogP contribution in [0.4, 0.5) is 0 Å². The summed E-state index contributed by atoms with van der Waals surface area (Å²) in [5, 5.41) is 20.9. The van der Waals surface area contributed by atoms with Gasteiger partial charge in [0.05, 0.1) is 0 Å². The van der Waals surface area contributed by atoms with Gasteiger partial charge in [-0.2, -0.15) is 0 Å². The summed E-state index contributed by atoms with van der Waals surface area (Å²) in [6.45, 7) is 1.31. The van der Waals surface area contributed by atoms with Crippen molar-refractivity contribution in [2.24, 2.45) is 22.2 Å². The van der Waals surface area contributed by atoms with Crippen molar-refractivity contribution in [3.8, 4) is 0 Å². The van der Waals surface area contributed by atoms with Crippen LogP contribution in [0.1, 0.15) is 58.3 Å². The highest BCUT2D eigenvalue weighted by molar-refractivity contribution is 5.88. The van der Waals surface area contributed by atoms with E-state index < -0.39 is 54.1 Å². The number of carbonyl (C=O) groups excluding carboxylic acids is 6. The summed E-state index contributed by atoms with van der Waals surface area (Å²) in [5.41, 5.74) is 15.8. The number of aliphatic carboxylic acids is 1. The fourth-order valence-corrected chi connectivity index (χ4v) is 3.26. The number of nitrogens with one attached hydrogen (secondary N) is 5. The molecule has 0 aliphatic rings. The minimum absolute atomic E-state index is 0.0386. The van der Waals surface area contributed by atoms with E-state index in [0.717, 1.165) is 0 Å². The van der Waals surface area contributed by atoms with Gasteiger partial charge in [0.1, 0.15) is 18.6 Å². The lowest BCUT2D eigenvalue weighted by molar-refractivity contribution is -0.138. The Kier molecular flexibility index (Phi) is 18.2. The van der Waals surface area contributed by atoms with E-state index in [4.69, 9.17) is 22.3 Å². The zero-order valence-corrected chi connectivity index (χ0v) is 22.6. The molecule has 0 heterocycles. The molecule has 0 saturated heterocycles. The molecule has 17 nitrogen and oxygen atoms in total. The Morgan fingerprint density at radius 3 is 1.90 bits per heavy atom. The summed E-state index contributed by atoms with van der Waals surface area (Å²) in [5.74, 6) is -4.24. The van der Waals surface area contributed by atoms with Crippen LogP contribution in [0, 0.1) is 0 Å². The predicted molar refractivity (Wildman–Crippen MR) is 143 cm³/mol. The van der Waals surface area contributed by atoms with Crippen molar-refractivity contribution in [3.63, 3.8) is 0 Å². The number of amides is 6. The second kappa shape index (κ2) is 20.5. The van der Waals surface area contributed by atoms with Gasteiger partial charge in [0.15, 0.2) is 5.96 Å². The molecule has 226 valence electrons. The number of hydrogen-bond acceptors (Lipinski definition) is 8. The molecule has 0 aliphatic heterocycles. The van der Waals surface area contributed by atoms with E-state index in [0.29, 0.717) is 25.8 Å². The fraction of sp³-hybridized carbons (Fsp3) is 0.652. The first-order chi connectivity index (χ1) is 18.8. The third-order valence-electron chi connectivity index (χ3n) is 5.20. The maximum Gasteiger partial charge on any atom is 0.322 e. The van der Waals surface area contributed by atoms with Crippen molar-refractivity contribution in [1.82, 2.24) is 26.6 Å². The Morgan fingerprint density at radius 1 is 0.725 bits per heavy atom. The van der Waals surface area contributed by atoms with Crippen LogP contribution < -0.4 is 43.8 Å². The molecular formula is C23H41N9O8. The third-order valence-corrected chi connectivity index (χ3v) is 5.20. The van der Waals surface area contributed by atoms with Crippen molar-refractivity contribution in [2.75, 3.05) is 26.2 Å². The van der Waals surface area contributed by atoms with Crippen LogP contribution in [0.5, 0.6) is 0 Å². The van der Waals surface area contributed by atoms with Gasteiger partial charge in [0.2, 0.25) is 35.4 Å². The zero-order chi connectivity index (χ0) is 30.5. The van der Waals surface area contributed by atoms with Gasteiger partial charge in [-0.25, -0.2) is 0 Å². The zero-order valence-electron chi connectivity index (χ0n) is 22.6. The summed E-state index contributed by atoms with van der Waals surface area (Å²) in [4.78, 5) is 85.3. The molecule has 0 bridgehead atoms. The molecule has 6 amide bonds. The van der Waals surface area contributed by atoms with Gasteiger partial charge in [0.25, 0.3) is 0 Å². The van der Waals surface area contributed by atoms with Crippen molar-refractivity contribution in [1.29, 1.82) is 0 Å². The number of carbonyl (C=O) groups is 7. The highest BCUT2D eigenvalue weighted by Crippen LogP contribution is 2.01. The second-order valence-electron chi connectivity index (χ2n) is 8.78. The molecular weight excluding hydrogens is 530 g/mol. The summed E-state index contributed by atoms with van der Waals surface area (Å²) >= 11 is 0. The van der Waals surface area contributed by atoms with Crippen molar-refractivity contribution in [3.05, 3.63) is 0 Å². The van der Waals surface area contributed by atoms with Crippen LogP contribution >= 0.6 is 0 Å². The van der Waals surface area contributed by atoms with Crippen LogP contribution in [-0.4, -0.2) is 90.7 Å². The molecule has 0 aliphatic carbocycles. The summed E-state index contributed by atoms with van der Waals surface area (Å²) in [7, 11) is 0. The summed E-state index contributed by atoms with van der Waals surface area (Å²) < 4.78 is 0. The molecule has 0 saturated carbocycles. The van der Waals surface area contributed by atoms with Gasteiger partial charge in [-0.3, -0.25) is 38.6 Å². The second-order valence-corrected chi connectivity index (χ2v) is 8.78. The number of aliphatic imine (C=N–C) groups is 1. The first-order valence-electron chi connectivity index (χ1n) is 12.8. The van der Waals surface area contributed by atoms with Gasteiger partial charge in [-0.1, -0.05) is 0 Å². The standard InChI is InChI=1S/C23H41N9O8/c1-14(33)31-16(8-9-18(35)30-13-20(37)38)22(40)28-11-3-6-17(34)27-10-4-7-19(36)32-15(21(24)39)5-2-12-29-23(25)26/h15-16H,2-13H2,1H3,(H2,24,39)(H,27,34)(H,28,40)(H,30,35)(H,31,33)(H,32,36)(H,37,38)(H4,25,26,29). The maximum atomic E-state index is 12.4. The molecule has 0 fully saturated rings. The Labute approximate surface area is 231 Å². The molecule has 0 aromatic carbocycles. The number of primary amides is 1. The minimum Gasteiger partial charge on any atom is -0.480 e. The third kappa shape index (κ3) is 19.6. The normalized spacial score (nSPS) is 11.7. The average molecular weight is 572 g/mol. The van der Waals surface area contributed by atoms with E-state index >= 15 is 0 Å². The van der Waals surface area contributed by atoms with Crippen LogP contribution in [-0.2, 0) is 33.6 Å². The number of guanidine groups is 1. The highest BCUT2D eigenvalue weighted by atomic mass is 16.4. The lowest BCUT2D eigenvalue weighted by Gasteiger charge is -2.17. The van der Waals surface area contributed by atoms with Crippen LogP contribution in [0.2, 0.25) is 0 Å².